The average Bonchev–Trinajstić information content (AvgIpc) is 3.42. The Morgan fingerprint density at radius 3 is 2.31 bits per heavy atom. The summed E-state index contributed by atoms with van der Waals surface area (Å²) in [6.07, 6.45) is -2.45. The maximum Gasteiger partial charge on any atom is 0.490 e. The number of aromatic nitrogens is 1. The Bertz CT molecular complexity index is 965. The second-order valence-corrected chi connectivity index (χ2v) is 7.76. The molecule has 2 saturated heterocycles. The standard InChI is InChI=1S/C19H22N4O2.C2HF3O2/c1-21-12-17(24)23(15-6-3-2-4-7-15)14-19(21)9-11-22(13-19)18(25)16-8-5-10-20-16;3-2(4,5)1(6)7/h2-8,10,20H,9,11-14H2,1H3;(H,6,7). The Kier molecular flexibility index (Phi) is 6.58. The van der Waals surface area contributed by atoms with Gasteiger partial charge in [-0.25, -0.2) is 4.79 Å². The first-order valence-corrected chi connectivity index (χ1v) is 9.83. The van der Waals surface area contributed by atoms with E-state index in [0.29, 0.717) is 31.9 Å². The van der Waals surface area contributed by atoms with Gasteiger partial charge in [0, 0.05) is 31.5 Å². The van der Waals surface area contributed by atoms with Crippen LogP contribution in [0.15, 0.2) is 48.7 Å². The van der Waals surface area contributed by atoms with Crippen molar-refractivity contribution < 1.29 is 32.7 Å². The highest BCUT2D eigenvalue weighted by Crippen LogP contribution is 2.33. The third kappa shape index (κ3) is 4.93. The number of halogens is 3. The number of piperazine rings is 1. The number of carbonyl (C=O) groups excluding carboxylic acids is 2. The fourth-order valence-electron chi connectivity index (χ4n) is 3.91. The lowest BCUT2D eigenvalue weighted by Crippen LogP contribution is -2.64. The Hall–Kier alpha value is -3.34. The molecular formula is C21H23F3N4O4. The second kappa shape index (κ2) is 9.03. The molecule has 2 N–H and O–H groups in total. The van der Waals surface area contributed by atoms with Crippen LogP contribution in [0.4, 0.5) is 18.9 Å². The van der Waals surface area contributed by atoms with Crippen LogP contribution < -0.4 is 4.90 Å². The summed E-state index contributed by atoms with van der Waals surface area (Å²) in [5.74, 6) is -2.63. The lowest BCUT2D eigenvalue weighted by molar-refractivity contribution is -0.192. The third-order valence-electron chi connectivity index (χ3n) is 5.69. The number of aromatic amines is 1. The summed E-state index contributed by atoms with van der Waals surface area (Å²) in [6, 6.07) is 13.4. The number of nitrogens with zero attached hydrogens (tertiary/aromatic N) is 3. The zero-order valence-corrected chi connectivity index (χ0v) is 17.3. The van der Waals surface area contributed by atoms with Crippen LogP contribution in [0.25, 0.3) is 0 Å². The van der Waals surface area contributed by atoms with E-state index in [4.69, 9.17) is 9.90 Å². The molecule has 4 rings (SSSR count). The first-order valence-electron chi connectivity index (χ1n) is 9.83. The van der Waals surface area contributed by atoms with E-state index < -0.39 is 12.1 Å². The van der Waals surface area contributed by atoms with E-state index in [1.165, 1.54) is 0 Å². The number of carboxylic acid groups (broad SMARTS) is 1. The van der Waals surface area contributed by atoms with Crippen molar-refractivity contribution in [1.82, 2.24) is 14.8 Å². The van der Waals surface area contributed by atoms with Gasteiger partial charge in [-0.1, -0.05) is 18.2 Å². The molecule has 1 spiro atoms. The van der Waals surface area contributed by atoms with Crippen LogP contribution in [-0.4, -0.2) is 82.6 Å². The molecule has 1 aromatic heterocycles. The summed E-state index contributed by atoms with van der Waals surface area (Å²) in [6.45, 7) is 2.33. The molecule has 0 bridgehead atoms. The molecule has 1 aromatic carbocycles. The summed E-state index contributed by atoms with van der Waals surface area (Å²) in [7, 11) is 1.99. The number of anilines is 1. The summed E-state index contributed by atoms with van der Waals surface area (Å²) < 4.78 is 31.7. The predicted octanol–water partition coefficient (Wildman–Crippen LogP) is 2.21. The minimum atomic E-state index is -5.08. The maximum atomic E-state index is 12.7. The second-order valence-electron chi connectivity index (χ2n) is 7.76. The molecule has 3 heterocycles. The summed E-state index contributed by atoms with van der Waals surface area (Å²) in [5, 5.41) is 7.12. The van der Waals surface area contributed by atoms with Crippen molar-refractivity contribution in [2.24, 2.45) is 0 Å². The highest BCUT2D eigenvalue weighted by molar-refractivity contribution is 5.96. The lowest BCUT2D eigenvalue weighted by atomic mass is 9.92. The number of para-hydroxylation sites is 1. The quantitative estimate of drug-likeness (QED) is 0.729. The first kappa shape index (κ1) is 23.3. The normalized spacial score (nSPS) is 21.4. The molecular weight excluding hydrogens is 429 g/mol. The number of benzene rings is 1. The molecule has 2 amide bonds. The molecule has 11 heteroatoms. The van der Waals surface area contributed by atoms with Crippen molar-refractivity contribution in [2.45, 2.75) is 18.1 Å². The van der Waals surface area contributed by atoms with Crippen molar-refractivity contribution >= 4 is 23.5 Å². The summed E-state index contributed by atoms with van der Waals surface area (Å²) >= 11 is 0. The Balaban J connectivity index is 0.000000360. The highest BCUT2D eigenvalue weighted by atomic mass is 19.4. The third-order valence-corrected chi connectivity index (χ3v) is 5.69. The van der Waals surface area contributed by atoms with Crippen LogP contribution in [0.2, 0.25) is 0 Å². The van der Waals surface area contributed by atoms with Crippen LogP contribution in [0.1, 0.15) is 16.9 Å². The van der Waals surface area contributed by atoms with Gasteiger partial charge >= 0.3 is 12.1 Å². The Morgan fingerprint density at radius 2 is 1.75 bits per heavy atom. The number of carboxylic acids is 1. The topological polar surface area (TPSA) is 97.0 Å². The van der Waals surface area contributed by atoms with Gasteiger partial charge in [-0.3, -0.25) is 14.5 Å². The summed E-state index contributed by atoms with van der Waals surface area (Å²) in [5.41, 5.74) is 1.35. The van der Waals surface area contributed by atoms with Gasteiger partial charge < -0.3 is 19.9 Å². The van der Waals surface area contributed by atoms with Crippen LogP contribution >= 0.6 is 0 Å². The van der Waals surface area contributed by atoms with Gasteiger partial charge in [-0.2, -0.15) is 13.2 Å². The number of likely N-dealkylation sites (N-methyl/N-ethyl adjacent to an activating group) is 1. The number of carbonyl (C=O) groups is 3. The number of hydrogen-bond acceptors (Lipinski definition) is 4. The van der Waals surface area contributed by atoms with Gasteiger partial charge in [0.15, 0.2) is 0 Å². The van der Waals surface area contributed by atoms with E-state index in [0.717, 1.165) is 12.1 Å². The fraction of sp³-hybridized carbons (Fsp3) is 0.381. The number of hydrogen-bond donors (Lipinski definition) is 2. The zero-order valence-electron chi connectivity index (χ0n) is 17.3. The van der Waals surface area contributed by atoms with Gasteiger partial charge in [-0.05, 0) is 37.7 Å². The maximum absolute atomic E-state index is 12.7. The molecule has 0 radical (unpaired) electrons. The molecule has 1 unspecified atom stereocenters. The molecule has 172 valence electrons. The molecule has 0 saturated carbocycles. The number of alkyl halides is 3. The predicted molar refractivity (Wildman–Crippen MR) is 109 cm³/mol. The van der Waals surface area contributed by atoms with Crippen LogP contribution in [0, 0.1) is 0 Å². The fourth-order valence-corrected chi connectivity index (χ4v) is 3.91. The van der Waals surface area contributed by atoms with E-state index >= 15 is 0 Å². The van der Waals surface area contributed by atoms with Crippen molar-refractivity contribution in [3.63, 3.8) is 0 Å². The van der Waals surface area contributed by atoms with Crippen molar-refractivity contribution in [3.05, 3.63) is 54.4 Å². The van der Waals surface area contributed by atoms with E-state index in [2.05, 4.69) is 9.88 Å². The number of likely N-dealkylation sites (tertiary alicyclic amines) is 1. The molecule has 2 aromatic rings. The van der Waals surface area contributed by atoms with Gasteiger partial charge in [-0.15, -0.1) is 0 Å². The van der Waals surface area contributed by atoms with E-state index in [1.54, 1.807) is 12.3 Å². The van der Waals surface area contributed by atoms with Gasteiger partial charge in [0.05, 0.1) is 12.1 Å². The van der Waals surface area contributed by atoms with E-state index in [1.807, 2.05) is 53.2 Å². The number of rotatable bonds is 2. The number of nitrogens with one attached hydrogen (secondary N) is 1. The van der Waals surface area contributed by atoms with Gasteiger partial charge in [0.1, 0.15) is 5.69 Å². The van der Waals surface area contributed by atoms with E-state index in [-0.39, 0.29) is 17.4 Å². The monoisotopic (exact) mass is 452 g/mol. The number of H-pyrrole nitrogens is 1. The zero-order chi connectivity index (χ0) is 23.5. The number of aliphatic carboxylic acids is 1. The summed E-state index contributed by atoms with van der Waals surface area (Å²) in [4.78, 5) is 43.0. The van der Waals surface area contributed by atoms with Crippen molar-refractivity contribution in [2.75, 3.05) is 38.1 Å². The SMILES string of the molecule is CN1CC(=O)N(c2ccccc2)CC12CCN(C(=O)c1ccc[nH]1)C2.O=C(O)C(F)(F)F. The minimum absolute atomic E-state index is 0.0263. The largest absolute Gasteiger partial charge is 0.490 e. The Labute approximate surface area is 182 Å². The van der Waals surface area contributed by atoms with Crippen LogP contribution in [0.3, 0.4) is 0 Å². The minimum Gasteiger partial charge on any atom is -0.475 e. The van der Waals surface area contributed by atoms with Gasteiger partial charge in [0.2, 0.25) is 5.91 Å². The Morgan fingerprint density at radius 1 is 1.09 bits per heavy atom. The van der Waals surface area contributed by atoms with Gasteiger partial charge in [0.25, 0.3) is 5.91 Å². The molecule has 2 fully saturated rings. The van der Waals surface area contributed by atoms with Crippen LogP contribution in [0.5, 0.6) is 0 Å². The molecule has 32 heavy (non-hydrogen) atoms. The molecule has 8 nitrogen and oxygen atoms in total. The van der Waals surface area contributed by atoms with Crippen LogP contribution in [-0.2, 0) is 9.59 Å². The number of amides is 2. The van der Waals surface area contributed by atoms with Crippen molar-refractivity contribution in [1.29, 1.82) is 0 Å². The van der Waals surface area contributed by atoms with Crippen molar-refractivity contribution in [3.8, 4) is 0 Å². The molecule has 2 aliphatic rings. The lowest BCUT2D eigenvalue weighted by Gasteiger charge is -2.46. The molecule has 0 aliphatic carbocycles. The highest BCUT2D eigenvalue weighted by Gasteiger charge is 2.48. The average molecular weight is 452 g/mol. The first-order chi connectivity index (χ1) is 15.0. The molecule has 2 aliphatic heterocycles. The van der Waals surface area contributed by atoms with E-state index in [9.17, 15) is 22.8 Å². The molecule has 1 atom stereocenters. The smallest absolute Gasteiger partial charge is 0.475 e.